The lowest BCUT2D eigenvalue weighted by Crippen LogP contribution is -2.19. The SMILES string of the molecule is COc1cc(OC)c(CNC(C)c2ccc3c(c2)CCCC3)c(OC)c1. The smallest absolute Gasteiger partial charge is 0.130 e. The van der Waals surface area contributed by atoms with Crippen LogP contribution in [0.3, 0.4) is 0 Å². The Morgan fingerprint density at radius 1 is 0.885 bits per heavy atom. The molecular formula is C22H29NO3. The molecular weight excluding hydrogens is 326 g/mol. The maximum absolute atomic E-state index is 5.54. The van der Waals surface area contributed by atoms with Crippen molar-refractivity contribution in [1.82, 2.24) is 5.32 Å². The van der Waals surface area contributed by atoms with E-state index in [-0.39, 0.29) is 6.04 Å². The lowest BCUT2D eigenvalue weighted by Gasteiger charge is -2.21. The van der Waals surface area contributed by atoms with Crippen molar-refractivity contribution in [1.29, 1.82) is 0 Å². The standard InChI is InChI=1S/C22H29NO3/c1-15(17-10-9-16-7-5-6-8-18(16)11-17)23-14-20-21(25-3)12-19(24-2)13-22(20)26-4/h9-13,15,23H,5-8,14H2,1-4H3. The number of aryl methyl sites for hydroxylation is 2. The fraction of sp³-hybridized carbons (Fsp3) is 0.455. The van der Waals surface area contributed by atoms with E-state index < -0.39 is 0 Å². The molecule has 1 aliphatic rings. The van der Waals surface area contributed by atoms with Crippen LogP contribution in [0.15, 0.2) is 30.3 Å². The van der Waals surface area contributed by atoms with Gasteiger partial charge >= 0.3 is 0 Å². The number of benzene rings is 2. The van der Waals surface area contributed by atoms with Crippen LogP contribution < -0.4 is 19.5 Å². The monoisotopic (exact) mass is 355 g/mol. The van der Waals surface area contributed by atoms with Crippen LogP contribution >= 0.6 is 0 Å². The van der Waals surface area contributed by atoms with E-state index in [1.54, 1.807) is 21.3 Å². The molecule has 0 spiro atoms. The first kappa shape index (κ1) is 18.6. The molecule has 1 N–H and O–H groups in total. The molecule has 0 aromatic heterocycles. The molecule has 0 radical (unpaired) electrons. The molecule has 1 aliphatic carbocycles. The normalized spacial score (nSPS) is 14.5. The van der Waals surface area contributed by atoms with Gasteiger partial charge in [0.25, 0.3) is 0 Å². The number of rotatable bonds is 7. The fourth-order valence-corrected chi connectivity index (χ4v) is 3.65. The Morgan fingerprint density at radius 3 is 2.15 bits per heavy atom. The van der Waals surface area contributed by atoms with Crippen LogP contribution in [0.25, 0.3) is 0 Å². The first-order chi connectivity index (χ1) is 12.7. The third-order valence-electron chi connectivity index (χ3n) is 5.27. The third-order valence-corrected chi connectivity index (χ3v) is 5.27. The van der Waals surface area contributed by atoms with E-state index in [9.17, 15) is 0 Å². The number of methoxy groups -OCH3 is 3. The predicted molar refractivity (Wildman–Crippen MR) is 104 cm³/mol. The van der Waals surface area contributed by atoms with Crippen molar-refractivity contribution in [2.24, 2.45) is 0 Å². The molecule has 0 saturated carbocycles. The highest BCUT2D eigenvalue weighted by molar-refractivity contribution is 5.50. The van der Waals surface area contributed by atoms with Crippen molar-refractivity contribution in [3.63, 3.8) is 0 Å². The van der Waals surface area contributed by atoms with Gasteiger partial charge in [-0.3, -0.25) is 0 Å². The maximum Gasteiger partial charge on any atom is 0.130 e. The summed E-state index contributed by atoms with van der Waals surface area (Å²) in [6.07, 6.45) is 5.05. The molecule has 2 aromatic carbocycles. The summed E-state index contributed by atoms with van der Waals surface area (Å²) in [6, 6.07) is 11.0. The average Bonchev–Trinajstić information content (AvgIpc) is 2.70. The van der Waals surface area contributed by atoms with Crippen LogP contribution in [0.4, 0.5) is 0 Å². The zero-order valence-electron chi connectivity index (χ0n) is 16.2. The summed E-state index contributed by atoms with van der Waals surface area (Å²) >= 11 is 0. The first-order valence-electron chi connectivity index (χ1n) is 9.30. The van der Waals surface area contributed by atoms with Crippen LogP contribution in [0.5, 0.6) is 17.2 Å². The molecule has 4 nitrogen and oxygen atoms in total. The van der Waals surface area contributed by atoms with Crippen LogP contribution in [0, 0.1) is 0 Å². The predicted octanol–water partition coefficient (Wildman–Crippen LogP) is 4.44. The molecule has 0 aliphatic heterocycles. The second kappa shape index (κ2) is 8.45. The van der Waals surface area contributed by atoms with E-state index in [1.807, 2.05) is 12.1 Å². The van der Waals surface area contributed by atoms with Crippen molar-refractivity contribution in [2.75, 3.05) is 21.3 Å². The molecule has 4 heteroatoms. The lowest BCUT2D eigenvalue weighted by atomic mass is 9.89. The Morgan fingerprint density at radius 2 is 1.54 bits per heavy atom. The number of hydrogen-bond donors (Lipinski definition) is 1. The highest BCUT2D eigenvalue weighted by atomic mass is 16.5. The van der Waals surface area contributed by atoms with E-state index in [0.717, 1.165) is 22.8 Å². The molecule has 0 amide bonds. The summed E-state index contributed by atoms with van der Waals surface area (Å²) in [6.45, 7) is 2.86. The number of ether oxygens (including phenoxy) is 3. The zero-order chi connectivity index (χ0) is 18.5. The molecule has 3 rings (SSSR count). The van der Waals surface area contributed by atoms with E-state index in [2.05, 4.69) is 30.4 Å². The molecule has 2 aromatic rings. The van der Waals surface area contributed by atoms with E-state index >= 15 is 0 Å². The van der Waals surface area contributed by atoms with Crippen LogP contribution in [0.1, 0.15) is 48.1 Å². The van der Waals surface area contributed by atoms with Gasteiger partial charge in [0.1, 0.15) is 17.2 Å². The Kier molecular flexibility index (Phi) is 6.04. The summed E-state index contributed by atoms with van der Waals surface area (Å²) in [7, 11) is 4.99. The minimum atomic E-state index is 0.249. The van der Waals surface area contributed by atoms with Gasteiger partial charge in [-0.25, -0.2) is 0 Å². The molecule has 26 heavy (non-hydrogen) atoms. The summed E-state index contributed by atoms with van der Waals surface area (Å²) in [5.74, 6) is 2.27. The van der Waals surface area contributed by atoms with Crippen molar-refractivity contribution < 1.29 is 14.2 Å². The largest absolute Gasteiger partial charge is 0.496 e. The van der Waals surface area contributed by atoms with Crippen LogP contribution in [-0.2, 0) is 19.4 Å². The van der Waals surface area contributed by atoms with Crippen LogP contribution in [0.2, 0.25) is 0 Å². The molecule has 1 atom stereocenters. The minimum Gasteiger partial charge on any atom is -0.496 e. The van der Waals surface area contributed by atoms with Gasteiger partial charge in [-0.2, -0.15) is 0 Å². The zero-order valence-corrected chi connectivity index (χ0v) is 16.2. The van der Waals surface area contributed by atoms with E-state index in [0.29, 0.717) is 6.54 Å². The summed E-state index contributed by atoms with van der Waals surface area (Å²) in [4.78, 5) is 0. The summed E-state index contributed by atoms with van der Waals surface area (Å²) < 4.78 is 16.4. The van der Waals surface area contributed by atoms with Gasteiger partial charge in [-0.05, 0) is 49.3 Å². The van der Waals surface area contributed by atoms with Crippen molar-refractivity contribution >= 4 is 0 Å². The lowest BCUT2D eigenvalue weighted by molar-refractivity contribution is 0.365. The second-order valence-electron chi connectivity index (χ2n) is 6.85. The Bertz CT molecular complexity index is 732. The van der Waals surface area contributed by atoms with Crippen molar-refractivity contribution in [3.8, 4) is 17.2 Å². The summed E-state index contributed by atoms with van der Waals surface area (Å²) in [5, 5.41) is 3.61. The van der Waals surface area contributed by atoms with Crippen LogP contribution in [-0.4, -0.2) is 21.3 Å². The molecule has 0 fully saturated rings. The topological polar surface area (TPSA) is 39.7 Å². The van der Waals surface area contributed by atoms with E-state index in [4.69, 9.17) is 14.2 Å². The fourth-order valence-electron chi connectivity index (χ4n) is 3.65. The number of nitrogens with one attached hydrogen (secondary N) is 1. The Hall–Kier alpha value is -2.20. The van der Waals surface area contributed by atoms with Gasteiger partial charge in [0.05, 0.1) is 26.9 Å². The number of fused-ring (bicyclic) bond motifs is 1. The molecule has 140 valence electrons. The first-order valence-corrected chi connectivity index (χ1v) is 9.30. The van der Waals surface area contributed by atoms with Gasteiger partial charge in [-0.1, -0.05) is 18.2 Å². The molecule has 0 saturated heterocycles. The van der Waals surface area contributed by atoms with Crippen molar-refractivity contribution in [2.45, 2.75) is 45.2 Å². The quantitative estimate of drug-likeness (QED) is 0.797. The van der Waals surface area contributed by atoms with Gasteiger partial charge in [-0.15, -0.1) is 0 Å². The van der Waals surface area contributed by atoms with Gasteiger partial charge in [0, 0.05) is 24.7 Å². The highest BCUT2D eigenvalue weighted by Gasteiger charge is 2.16. The average molecular weight is 355 g/mol. The molecule has 0 heterocycles. The Balaban J connectivity index is 1.76. The Labute approximate surface area is 156 Å². The maximum atomic E-state index is 5.54. The van der Waals surface area contributed by atoms with Gasteiger partial charge in [0.15, 0.2) is 0 Å². The van der Waals surface area contributed by atoms with Gasteiger partial charge < -0.3 is 19.5 Å². The number of hydrogen-bond acceptors (Lipinski definition) is 4. The van der Waals surface area contributed by atoms with E-state index in [1.165, 1.54) is 42.4 Å². The minimum absolute atomic E-state index is 0.249. The highest BCUT2D eigenvalue weighted by Crippen LogP contribution is 2.34. The van der Waals surface area contributed by atoms with Crippen molar-refractivity contribution in [3.05, 3.63) is 52.6 Å². The second-order valence-corrected chi connectivity index (χ2v) is 6.85. The van der Waals surface area contributed by atoms with Gasteiger partial charge in [0.2, 0.25) is 0 Å². The third kappa shape index (κ3) is 3.96. The molecule has 1 unspecified atom stereocenters. The molecule has 0 bridgehead atoms. The summed E-state index contributed by atoms with van der Waals surface area (Å²) in [5.41, 5.74) is 5.37.